The summed E-state index contributed by atoms with van der Waals surface area (Å²) in [4.78, 5) is 6.82. The van der Waals surface area contributed by atoms with E-state index in [9.17, 15) is 5.11 Å². The number of aliphatic hydroxyl groups excluding tert-OH is 1. The fourth-order valence-corrected chi connectivity index (χ4v) is 4.35. The molecular weight excluding hydrogens is 393 g/mol. The van der Waals surface area contributed by atoms with Crippen molar-refractivity contribution in [2.75, 3.05) is 4.90 Å². The number of halogens is 3. The summed E-state index contributed by atoms with van der Waals surface area (Å²) in [5.41, 5.74) is 2.51. The van der Waals surface area contributed by atoms with Crippen LogP contribution in [0, 0.1) is 0 Å². The molecule has 2 unspecified atom stereocenters. The maximum Gasteiger partial charge on any atom is 0.211 e. The van der Waals surface area contributed by atoms with Gasteiger partial charge in [-0.15, -0.1) is 0 Å². The second-order valence-corrected chi connectivity index (χ2v) is 7.72. The Hall–Kier alpha value is -1.46. The molecule has 0 fully saturated rings. The zero-order valence-corrected chi connectivity index (χ0v) is 16.4. The Morgan fingerprint density at radius 3 is 2.73 bits per heavy atom. The van der Waals surface area contributed by atoms with Crippen LogP contribution < -0.4 is 4.90 Å². The predicted molar refractivity (Wildman–Crippen MR) is 108 cm³/mol. The van der Waals surface area contributed by atoms with E-state index >= 15 is 0 Å². The van der Waals surface area contributed by atoms with Gasteiger partial charge >= 0.3 is 0 Å². The molecular formula is C19H18Cl3N3O. The molecule has 1 aliphatic rings. The van der Waals surface area contributed by atoms with Crippen LogP contribution in [0.1, 0.15) is 19.8 Å². The molecule has 4 nitrogen and oxygen atoms in total. The van der Waals surface area contributed by atoms with Crippen LogP contribution in [0.5, 0.6) is 0 Å². The predicted octanol–water partition coefficient (Wildman–Crippen LogP) is 5.68. The van der Waals surface area contributed by atoms with Gasteiger partial charge in [0, 0.05) is 11.6 Å². The van der Waals surface area contributed by atoms with Gasteiger partial charge < -0.3 is 14.6 Å². The minimum Gasteiger partial charge on any atom is -0.391 e. The molecule has 4 rings (SSSR count). The molecule has 136 valence electrons. The summed E-state index contributed by atoms with van der Waals surface area (Å²) in [6.07, 6.45) is 0.928. The summed E-state index contributed by atoms with van der Waals surface area (Å²) >= 11 is 18.9. The molecule has 0 saturated heterocycles. The molecule has 0 bridgehead atoms. The van der Waals surface area contributed by atoms with Gasteiger partial charge in [0.2, 0.25) is 5.95 Å². The first-order valence-electron chi connectivity index (χ1n) is 8.58. The number of aryl methyl sites for hydroxylation is 1. The molecule has 1 aromatic heterocycles. The van der Waals surface area contributed by atoms with Crippen molar-refractivity contribution in [1.82, 2.24) is 9.55 Å². The number of aromatic nitrogens is 2. The summed E-state index contributed by atoms with van der Waals surface area (Å²) < 4.78 is 2.13. The van der Waals surface area contributed by atoms with E-state index in [1.165, 1.54) is 0 Å². The molecule has 7 heteroatoms. The molecule has 1 N–H and O–H groups in total. The zero-order chi connectivity index (χ0) is 18.4. The molecule has 1 aliphatic heterocycles. The highest BCUT2D eigenvalue weighted by Crippen LogP contribution is 2.41. The number of hydrogen-bond donors (Lipinski definition) is 1. The fraction of sp³-hybridized carbons (Fsp3) is 0.316. The molecule has 26 heavy (non-hydrogen) atoms. The fourth-order valence-electron chi connectivity index (χ4n) is 3.64. The number of fused-ring (bicyclic) bond motifs is 3. The Labute approximate surface area is 166 Å². The van der Waals surface area contributed by atoms with E-state index in [4.69, 9.17) is 39.8 Å². The highest BCUT2D eigenvalue weighted by atomic mass is 35.5. The quantitative estimate of drug-likeness (QED) is 0.604. The number of benzene rings is 2. The molecule has 0 spiro atoms. The Morgan fingerprint density at radius 1 is 1.19 bits per heavy atom. The van der Waals surface area contributed by atoms with Gasteiger partial charge in [-0.05, 0) is 43.2 Å². The molecule has 3 aromatic rings. The van der Waals surface area contributed by atoms with Crippen LogP contribution in [-0.2, 0) is 6.54 Å². The highest BCUT2D eigenvalue weighted by molar-refractivity contribution is 6.36. The lowest BCUT2D eigenvalue weighted by Gasteiger charge is -2.39. The van der Waals surface area contributed by atoms with E-state index in [0.717, 1.165) is 35.6 Å². The number of anilines is 2. The van der Waals surface area contributed by atoms with Gasteiger partial charge in [-0.25, -0.2) is 4.98 Å². The average Bonchev–Trinajstić information content (AvgIpc) is 3.01. The zero-order valence-electron chi connectivity index (χ0n) is 14.2. The Morgan fingerprint density at radius 2 is 2.00 bits per heavy atom. The number of rotatable bonds is 3. The van der Waals surface area contributed by atoms with Gasteiger partial charge in [-0.3, -0.25) is 0 Å². The van der Waals surface area contributed by atoms with E-state index in [1.54, 1.807) is 12.1 Å². The number of hydrogen-bond acceptors (Lipinski definition) is 3. The highest BCUT2D eigenvalue weighted by Gasteiger charge is 2.35. The third-order valence-electron chi connectivity index (χ3n) is 4.94. The van der Waals surface area contributed by atoms with Crippen molar-refractivity contribution >= 4 is 57.5 Å². The van der Waals surface area contributed by atoms with Crippen molar-refractivity contribution in [3.8, 4) is 0 Å². The Kier molecular flexibility index (Phi) is 4.78. The van der Waals surface area contributed by atoms with Crippen molar-refractivity contribution in [1.29, 1.82) is 0 Å². The second kappa shape index (κ2) is 6.93. The molecule has 0 amide bonds. The first kappa shape index (κ1) is 17.9. The van der Waals surface area contributed by atoms with Crippen LogP contribution >= 0.6 is 34.8 Å². The van der Waals surface area contributed by atoms with Crippen molar-refractivity contribution in [3.05, 3.63) is 51.5 Å². The first-order chi connectivity index (χ1) is 12.5. The maximum absolute atomic E-state index is 10.6. The Balaban J connectivity index is 1.95. The van der Waals surface area contributed by atoms with E-state index < -0.39 is 6.10 Å². The van der Waals surface area contributed by atoms with Gasteiger partial charge in [0.25, 0.3) is 0 Å². The van der Waals surface area contributed by atoms with Crippen LogP contribution in [0.2, 0.25) is 15.1 Å². The molecule has 2 heterocycles. The van der Waals surface area contributed by atoms with Crippen LogP contribution in [0.3, 0.4) is 0 Å². The van der Waals surface area contributed by atoms with Gasteiger partial charge in [0.1, 0.15) is 5.52 Å². The van der Waals surface area contributed by atoms with E-state index in [-0.39, 0.29) is 6.04 Å². The van der Waals surface area contributed by atoms with Crippen molar-refractivity contribution < 1.29 is 5.11 Å². The second-order valence-electron chi connectivity index (χ2n) is 6.47. The summed E-state index contributed by atoms with van der Waals surface area (Å²) in [6, 6.07) is 11.0. The van der Waals surface area contributed by atoms with Crippen LogP contribution in [-0.4, -0.2) is 26.8 Å². The minimum absolute atomic E-state index is 0.123. The third kappa shape index (κ3) is 2.85. The van der Waals surface area contributed by atoms with E-state index in [1.807, 2.05) is 36.1 Å². The molecule has 2 atom stereocenters. The average molecular weight is 411 g/mol. The molecule has 0 saturated carbocycles. The Bertz CT molecular complexity index is 972. The maximum atomic E-state index is 10.6. The summed E-state index contributed by atoms with van der Waals surface area (Å²) in [6.45, 7) is 2.73. The SMILES string of the molecule is CCC(O)C1CCn2c(nc3c(Cl)cccc32)N1c1ccc(Cl)cc1Cl. The standard InChI is InChI=1S/C19H18Cl3N3O/c1-2-17(26)15-8-9-24-16-5-3-4-12(21)18(16)23-19(24)25(15)14-7-6-11(20)10-13(14)22/h3-7,10,15,17,26H,2,8-9H2,1H3. The summed E-state index contributed by atoms with van der Waals surface area (Å²) in [5, 5.41) is 12.3. The smallest absolute Gasteiger partial charge is 0.211 e. The van der Waals surface area contributed by atoms with Crippen LogP contribution in [0.15, 0.2) is 36.4 Å². The summed E-state index contributed by atoms with van der Waals surface area (Å²) in [5.74, 6) is 0.737. The van der Waals surface area contributed by atoms with Gasteiger partial charge in [-0.1, -0.05) is 47.8 Å². The van der Waals surface area contributed by atoms with Gasteiger partial charge in [0.05, 0.1) is 33.4 Å². The first-order valence-corrected chi connectivity index (χ1v) is 9.71. The third-order valence-corrected chi connectivity index (χ3v) is 5.78. The van der Waals surface area contributed by atoms with Crippen molar-refractivity contribution in [2.45, 2.75) is 38.5 Å². The lowest BCUT2D eigenvalue weighted by atomic mass is 10.0. The number of para-hydroxylation sites is 1. The van der Waals surface area contributed by atoms with Gasteiger partial charge in [0.15, 0.2) is 0 Å². The van der Waals surface area contributed by atoms with Crippen LogP contribution in [0.25, 0.3) is 11.0 Å². The molecule has 0 aliphatic carbocycles. The number of nitrogens with zero attached hydrogens (tertiary/aromatic N) is 3. The topological polar surface area (TPSA) is 41.3 Å². The minimum atomic E-state index is -0.495. The molecule has 0 radical (unpaired) electrons. The number of imidazole rings is 1. The van der Waals surface area contributed by atoms with Gasteiger partial charge in [-0.2, -0.15) is 0 Å². The van der Waals surface area contributed by atoms with Crippen LogP contribution in [0.4, 0.5) is 11.6 Å². The summed E-state index contributed by atoms with van der Waals surface area (Å²) in [7, 11) is 0. The monoisotopic (exact) mass is 409 g/mol. The normalized spacial score (nSPS) is 18.2. The molecule has 2 aromatic carbocycles. The largest absolute Gasteiger partial charge is 0.391 e. The van der Waals surface area contributed by atoms with Crippen molar-refractivity contribution in [2.24, 2.45) is 0 Å². The van der Waals surface area contributed by atoms with E-state index in [0.29, 0.717) is 21.5 Å². The lowest BCUT2D eigenvalue weighted by molar-refractivity contribution is 0.129. The van der Waals surface area contributed by atoms with E-state index in [2.05, 4.69) is 4.57 Å². The number of aliphatic hydroxyl groups is 1. The van der Waals surface area contributed by atoms with Crippen molar-refractivity contribution in [3.63, 3.8) is 0 Å². The lowest BCUT2D eigenvalue weighted by Crippen LogP contribution is -2.45.